The van der Waals surface area contributed by atoms with Crippen LogP contribution in [0.25, 0.3) is 0 Å². The first-order valence-electron chi connectivity index (χ1n) is 3.98. The Hall–Kier alpha value is -0.930. The first-order valence-corrected chi connectivity index (χ1v) is 3.98. The van der Waals surface area contributed by atoms with E-state index in [1.54, 1.807) is 0 Å². The van der Waals surface area contributed by atoms with Crippen molar-refractivity contribution >= 4 is 12.4 Å². The van der Waals surface area contributed by atoms with Crippen LogP contribution in [0.3, 0.4) is 0 Å². The molecule has 0 saturated heterocycles. The van der Waals surface area contributed by atoms with Gasteiger partial charge >= 0.3 is 0 Å². The van der Waals surface area contributed by atoms with Crippen LogP contribution in [0.4, 0.5) is 0 Å². The van der Waals surface area contributed by atoms with Gasteiger partial charge in [-0.25, -0.2) is 0 Å². The Morgan fingerprint density at radius 3 is 2.69 bits per heavy atom. The van der Waals surface area contributed by atoms with E-state index in [1.165, 1.54) is 0 Å². The monoisotopic (exact) mass is 201 g/mol. The minimum absolute atomic E-state index is 0. The van der Waals surface area contributed by atoms with Gasteiger partial charge in [-0.1, -0.05) is 12.1 Å². The quantitative estimate of drug-likeness (QED) is 0.743. The first-order chi connectivity index (χ1) is 5.90. The molecule has 3 nitrogen and oxygen atoms in total. The normalized spacial score (nSPS) is 19.0. The lowest BCUT2D eigenvalue weighted by atomic mass is 10.2. The van der Waals surface area contributed by atoms with Crippen LogP contribution in [-0.2, 0) is 0 Å². The molecule has 1 aromatic carbocycles. The van der Waals surface area contributed by atoms with Crippen LogP contribution in [0, 0.1) is 0 Å². The molecule has 0 aromatic heterocycles. The average Bonchev–Trinajstić information content (AvgIpc) is 2.17. The minimum atomic E-state index is -0.0000926. The smallest absolute Gasteiger partial charge is 0.161 e. The van der Waals surface area contributed by atoms with Gasteiger partial charge in [-0.05, 0) is 12.1 Å². The minimum Gasteiger partial charge on any atom is -0.486 e. The number of rotatable bonds is 1. The third-order valence-corrected chi connectivity index (χ3v) is 1.83. The maximum absolute atomic E-state index is 5.53. The summed E-state index contributed by atoms with van der Waals surface area (Å²) in [6.07, 6.45) is -0.0000926. The van der Waals surface area contributed by atoms with Crippen LogP contribution in [0.15, 0.2) is 24.3 Å². The summed E-state index contributed by atoms with van der Waals surface area (Å²) in [4.78, 5) is 0. The maximum atomic E-state index is 5.53. The van der Waals surface area contributed by atoms with Gasteiger partial charge in [0, 0.05) is 6.54 Å². The zero-order valence-electron chi connectivity index (χ0n) is 7.10. The highest BCUT2D eigenvalue weighted by Crippen LogP contribution is 2.30. The van der Waals surface area contributed by atoms with E-state index in [9.17, 15) is 0 Å². The van der Waals surface area contributed by atoms with Crippen LogP contribution >= 0.6 is 12.4 Å². The van der Waals surface area contributed by atoms with E-state index in [0.29, 0.717) is 13.2 Å². The summed E-state index contributed by atoms with van der Waals surface area (Å²) >= 11 is 0. The summed E-state index contributed by atoms with van der Waals surface area (Å²) in [6.45, 7) is 1.04. The topological polar surface area (TPSA) is 44.5 Å². The summed E-state index contributed by atoms with van der Waals surface area (Å²) in [5, 5.41) is 0. The Balaban J connectivity index is 0.000000845. The SMILES string of the molecule is Cl.NCC1COc2ccccc2O1. The van der Waals surface area contributed by atoms with Gasteiger partial charge in [0.2, 0.25) is 0 Å². The van der Waals surface area contributed by atoms with Crippen LogP contribution < -0.4 is 15.2 Å². The molecule has 1 unspecified atom stereocenters. The molecule has 1 aromatic rings. The number of ether oxygens (including phenoxy) is 2. The second-order valence-corrected chi connectivity index (χ2v) is 2.73. The second kappa shape index (κ2) is 4.35. The molecule has 0 saturated carbocycles. The molecule has 0 aliphatic carbocycles. The van der Waals surface area contributed by atoms with E-state index in [0.717, 1.165) is 11.5 Å². The maximum Gasteiger partial charge on any atom is 0.161 e. The molecular formula is C9H12ClNO2. The molecule has 1 atom stereocenters. The summed E-state index contributed by atoms with van der Waals surface area (Å²) in [5.41, 5.74) is 5.46. The largest absolute Gasteiger partial charge is 0.486 e. The lowest BCUT2D eigenvalue weighted by Gasteiger charge is -2.25. The van der Waals surface area contributed by atoms with Crippen LogP contribution in [0.2, 0.25) is 0 Å². The van der Waals surface area contributed by atoms with Crippen molar-refractivity contribution in [1.82, 2.24) is 0 Å². The molecule has 1 aliphatic heterocycles. The number of hydrogen-bond donors (Lipinski definition) is 1. The number of halogens is 1. The zero-order chi connectivity index (χ0) is 8.39. The van der Waals surface area contributed by atoms with E-state index in [1.807, 2.05) is 24.3 Å². The highest BCUT2D eigenvalue weighted by Gasteiger charge is 2.18. The van der Waals surface area contributed by atoms with Crippen molar-refractivity contribution in [3.8, 4) is 11.5 Å². The Morgan fingerprint density at radius 2 is 2.00 bits per heavy atom. The van der Waals surface area contributed by atoms with Gasteiger partial charge in [-0.15, -0.1) is 12.4 Å². The van der Waals surface area contributed by atoms with Crippen LogP contribution in [0.1, 0.15) is 0 Å². The van der Waals surface area contributed by atoms with Gasteiger partial charge in [0.05, 0.1) is 0 Å². The lowest BCUT2D eigenvalue weighted by molar-refractivity contribution is 0.0969. The van der Waals surface area contributed by atoms with Crippen molar-refractivity contribution in [3.05, 3.63) is 24.3 Å². The number of nitrogens with two attached hydrogens (primary N) is 1. The molecule has 0 amide bonds. The fourth-order valence-corrected chi connectivity index (χ4v) is 1.18. The van der Waals surface area contributed by atoms with Crippen molar-refractivity contribution in [3.63, 3.8) is 0 Å². The molecule has 0 bridgehead atoms. The van der Waals surface area contributed by atoms with Gasteiger partial charge in [0.1, 0.15) is 12.7 Å². The molecule has 0 radical (unpaired) electrons. The Kier molecular flexibility index (Phi) is 3.39. The van der Waals surface area contributed by atoms with Crippen LogP contribution in [0.5, 0.6) is 11.5 Å². The number of fused-ring (bicyclic) bond motifs is 1. The second-order valence-electron chi connectivity index (χ2n) is 2.73. The van der Waals surface area contributed by atoms with Gasteiger partial charge in [0.25, 0.3) is 0 Å². The Labute approximate surface area is 83.2 Å². The molecule has 0 spiro atoms. The van der Waals surface area contributed by atoms with Gasteiger partial charge < -0.3 is 15.2 Å². The molecule has 13 heavy (non-hydrogen) atoms. The van der Waals surface area contributed by atoms with Crippen molar-refractivity contribution in [2.24, 2.45) is 5.73 Å². The van der Waals surface area contributed by atoms with Gasteiger partial charge in [0.15, 0.2) is 11.5 Å². The summed E-state index contributed by atoms with van der Waals surface area (Å²) in [6, 6.07) is 7.62. The zero-order valence-corrected chi connectivity index (χ0v) is 7.92. The lowest BCUT2D eigenvalue weighted by Crippen LogP contribution is -2.35. The summed E-state index contributed by atoms with van der Waals surface area (Å²) in [5.74, 6) is 1.60. The fourth-order valence-electron chi connectivity index (χ4n) is 1.18. The van der Waals surface area contributed by atoms with E-state index in [2.05, 4.69) is 0 Å². The van der Waals surface area contributed by atoms with Gasteiger partial charge in [-0.3, -0.25) is 0 Å². The van der Waals surface area contributed by atoms with E-state index < -0.39 is 0 Å². The number of hydrogen-bond acceptors (Lipinski definition) is 3. The predicted octanol–water partition coefficient (Wildman–Crippen LogP) is 1.21. The molecule has 1 aliphatic rings. The standard InChI is InChI=1S/C9H11NO2.ClH/c10-5-7-6-11-8-3-1-2-4-9(8)12-7;/h1-4,7H,5-6,10H2;1H. The summed E-state index contributed by atoms with van der Waals surface area (Å²) < 4.78 is 11.0. The highest BCUT2D eigenvalue weighted by atomic mass is 35.5. The van der Waals surface area contributed by atoms with E-state index >= 15 is 0 Å². The molecule has 0 fully saturated rings. The molecule has 1 heterocycles. The molecule has 2 N–H and O–H groups in total. The molecule has 4 heteroatoms. The summed E-state index contributed by atoms with van der Waals surface area (Å²) in [7, 11) is 0. The van der Waals surface area contributed by atoms with Crippen molar-refractivity contribution in [2.45, 2.75) is 6.10 Å². The Bertz CT molecular complexity index is 280. The predicted molar refractivity (Wildman–Crippen MR) is 52.7 cm³/mol. The molecule has 2 rings (SSSR count). The third-order valence-electron chi connectivity index (χ3n) is 1.83. The van der Waals surface area contributed by atoms with Crippen LogP contribution in [-0.4, -0.2) is 19.3 Å². The third kappa shape index (κ3) is 2.05. The molecular weight excluding hydrogens is 190 g/mol. The van der Waals surface area contributed by atoms with E-state index in [4.69, 9.17) is 15.2 Å². The fraction of sp³-hybridized carbons (Fsp3) is 0.333. The highest BCUT2D eigenvalue weighted by molar-refractivity contribution is 5.85. The number of benzene rings is 1. The molecule has 72 valence electrons. The van der Waals surface area contributed by atoms with Crippen molar-refractivity contribution in [1.29, 1.82) is 0 Å². The van der Waals surface area contributed by atoms with E-state index in [-0.39, 0.29) is 18.5 Å². The van der Waals surface area contributed by atoms with Gasteiger partial charge in [-0.2, -0.15) is 0 Å². The van der Waals surface area contributed by atoms with Crippen molar-refractivity contribution < 1.29 is 9.47 Å². The van der Waals surface area contributed by atoms with Crippen molar-refractivity contribution in [2.75, 3.05) is 13.2 Å². The number of para-hydroxylation sites is 2. The average molecular weight is 202 g/mol. The Morgan fingerprint density at radius 1 is 1.31 bits per heavy atom. The first kappa shape index (κ1) is 10.2.